The predicted molar refractivity (Wildman–Crippen MR) is 117 cm³/mol. The van der Waals surface area contributed by atoms with Crippen molar-refractivity contribution in [2.24, 2.45) is 0 Å². The Bertz CT molecular complexity index is 869. The number of fused-ring (bicyclic) bond motifs is 1. The average molecular weight is 406 g/mol. The number of carbonyl (C=O) groups excluding carboxylic acids is 1. The molecule has 0 aliphatic rings. The fraction of sp³-hybridized carbons (Fsp3) is 0.591. The molecule has 2 aromatic rings. The zero-order valence-corrected chi connectivity index (χ0v) is 20.0. The molecule has 0 radical (unpaired) electrons. The van der Waals surface area contributed by atoms with Gasteiger partial charge in [-0.15, -0.1) is 0 Å². The molecule has 156 valence electrons. The maximum absolute atomic E-state index is 12.7. The van der Waals surface area contributed by atoms with Crippen molar-refractivity contribution in [3.05, 3.63) is 29.5 Å². The first kappa shape index (κ1) is 22.5. The first-order valence-electron chi connectivity index (χ1n) is 9.73. The molecule has 0 fully saturated rings. The Morgan fingerprint density at radius 2 is 1.75 bits per heavy atom. The number of carbonyl (C=O) groups is 1. The van der Waals surface area contributed by atoms with Crippen LogP contribution in [0.25, 0.3) is 10.9 Å². The van der Waals surface area contributed by atoms with Gasteiger partial charge >= 0.3 is 6.09 Å². The van der Waals surface area contributed by atoms with Gasteiger partial charge in [0.05, 0.1) is 19.2 Å². The van der Waals surface area contributed by atoms with E-state index >= 15 is 0 Å². The summed E-state index contributed by atoms with van der Waals surface area (Å²) in [6.45, 7) is 19.2. The smallest absolute Gasteiger partial charge is 0.419 e. The highest BCUT2D eigenvalue weighted by molar-refractivity contribution is 6.74. The zero-order valence-electron chi connectivity index (χ0n) is 19.0. The van der Waals surface area contributed by atoms with Crippen LogP contribution in [-0.4, -0.2) is 31.7 Å². The van der Waals surface area contributed by atoms with Crippen molar-refractivity contribution in [2.45, 2.75) is 78.8 Å². The molecule has 0 atom stereocenters. The fourth-order valence-electron chi connectivity index (χ4n) is 2.83. The SMILES string of the molecule is COc1cc(C)c2c(ccn2C(=O)OC(C)(C)C)c1CO[Si](C)(C)C(C)(C)C. The van der Waals surface area contributed by atoms with Gasteiger partial charge in [-0.2, -0.15) is 0 Å². The Kier molecular flexibility index (Phi) is 6.07. The molecular formula is C22H35NO4Si. The molecular weight excluding hydrogens is 370 g/mol. The molecule has 6 heteroatoms. The minimum atomic E-state index is -1.93. The van der Waals surface area contributed by atoms with Gasteiger partial charge in [0.15, 0.2) is 8.32 Å². The summed E-state index contributed by atoms with van der Waals surface area (Å²) < 4.78 is 19.2. The highest BCUT2D eigenvalue weighted by Crippen LogP contribution is 2.39. The van der Waals surface area contributed by atoms with Crippen molar-refractivity contribution in [1.29, 1.82) is 0 Å². The van der Waals surface area contributed by atoms with E-state index in [1.54, 1.807) is 17.9 Å². The standard InChI is InChI=1S/C22H35NO4Si/c1-15-13-18(25-8)17(14-26-28(9,10)22(5,6)7)16-11-12-23(19(15)16)20(24)27-21(2,3)4/h11-13H,14H2,1-10H3. The lowest BCUT2D eigenvalue weighted by Gasteiger charge is -2.36. The lowest BCUT2D eigenvalue weighted by molar-refractivity contribution is 0.0544. The van der Waals surface area contributed by atoms with Gasteiger partial charge in [-0.25, -0.2) is 4.79 Å². The van der Waals surface area contributed by atoms with Gasteiger partial charge in [-0.05, 0) is 63.5 Å². The number of ether oxygens (including phenoxy) is 2. The summed E-state index contributed by atoms with van der Waals surface area (Å²) in [5.74, 6) is 0.783. The Balaban J connectivity index is 2.52. The number of aryl methyl sites for hydroxylation is 1. The quantitative estimate of drug-likeness (QED) is 0.563. The number of benzene rings is 1. The summed E-state index contributed by atoms with van der Waals surface area (Å²) in [6, 6.07) is 3.91. The lowest BCUT2D eigenvalue weighted by atomic mass is 10.1. The molecule has 0 spiro atoms. The number of hydrogen-bond donors (Lipinski definition) is 0. The molecule has 1 aromatic carbocycles. The monoisotopic (exact) mass is 405 g/mol. The van der Waals surface area contributed by atoms with Gasteiger partial charge in [0.2, 0.25) is 0 Å². The summed E-state index contributed by atoms with van der Waals surface area (Å²) >= 11 is 0. The van der Waals surface area contributed by atoms with Gasteiger partial charge in [0, 0.05) is 17.1 Å². The van der Waals surface area contributed by atoms with Crippen LogP contribution < -0.4 is 4.74 Å². The Hall–Kier alpha value is -1.79. The Morgan fingerprint density at radius 3 is 2.25 bits per heavy atom. The average Bonchev–Trinajstić information content (AvgIpc) is 2.96. The second-order valence-electron chi connectivity index (χ2n) is 9.85. The van der Waals surface area contributed by atoms with Crippen LogP contribution in [0.5, 0.6) is 5.75 Å². The van der Waals surface area contributed by atoms with Crippen molar-refractivity contribution in [3.63, 3.8) is 0 Å². The summed E-state index contributed by atoms with van der Waals surface area (Å²) in [5, 5.41) is 1.08. The summed E-state index contributed by atoms with van der Waals surface area (Å²) in [7, 11) is -0.257. The van der Waals surface area contributed by atoms with Crippen LogP contribution in [-0.2, 0) is 15.8 Å². The molecule has 0 unspecified atom stereocenters. The topological polar surface area (TPSA) is 49.7 Å². The Morgan fingerprint density at radius 1 is 1.14 bits per heavy atom. The predicted octanol–water partition coefficient (Wildman–Crippen LogP) is 6.26. The van der Waals surface area contributed by atoms with E-state index in [0.29, 0.717) is 6.61 Å². The highest BCUT2D eigenvalue weighted by Gasteiger charge is 2.37. The molecule has 0 N–H and O–H groups in total. The molecule has 0 saturated carbocycles. The van der Waals surface area contributed by atoms with E-state index in [2.05, 4.69) is 33.9 Å². The molecule has 5 nitrogen and oxygen atoms in total. The van der Waals surface area contributed by atoms with Gasteiger partial charge in [-0.3, -0.25) is 4.57 Å². The van der Waals surface area contributed by atoms with E-state index in [-0.39, 0.29) is 11.1 Å². The van der Waals surface area contributed by atoms with Crippen LogP contribution in [0.4, 0.5) is 4.79 Å². The van der Waals surface area contributed by atoms with Crippen LogP contribution in [0.1, 0.15) is 52.7 Å². The molecule has 0 saturated heterocycles. The second kappa shape index (κ2) is 7.56. The molecule has 28 heavy (non-hydrogen) atoms. The molecule has 1 aromatic heterocycles. The zero-order chi connectivity index (χ0) is 21.5. The van der Waals surface area contributed by atoms with Crippen LogP contribution in [0, 0.1) is 6.92 Å². The molecule has 0 aliphatic carbocycles. The van der Waals surface area contributed by atoms with Crippen LogP contribution >= 0.6 is 0 Å². The van der Waals surface area contributed by atoms with E-state index in [0.717, 1.165) is 27.8 Å². The second-order valence-corrected chi connectivity index (χ2v) is 14.7. The maximum atomic E-state index is 12.7. The molecule has 1 heterocycles. The van der Waals surface area contributed by atoms with Crippen LogP contribution in [0.15, 0.2) is 18.3 Å². The van der Waals surface area contributed by atoms with E-state index < -0.39 is 13.9 Å². The molecule has 0 bridgehead atoms. The van der Waals surface area contributed by atoms with E-state index in [4.69, 9.17) is 13.9 Å². The van der Waals surface area contributed by atoms with Crippen molar-refractivity contribution >= 4 is 25.3 Å². The van der Waals surface area contributed by atoms with E-state index in [1.807, 2.05) is 39.8 Å². The third-order valence-corrected chi connectivity index (χ3v) is 9.90. The number of methoxy groups -OCH3 is 1. The van der Waals surface area contributed by atoms with Gasteiger partial charge in [-0.1, -0.05) is 20.8 Å². The highest BCUT2D eigenvalue weighted by atomic mass is 28.4. The molecule has 2 rings (SSSR count). The van der Waals surface area contributed by atoms with E-state index in [9.17, 15) is 4.79 Å². The number of rotatable bonds is 4. The minimum absolute atomic E-state index is 0.118. The van der Waals surface area contributed by atoms with Gasteiger partial charge in [0.1, 0.15) is 11.4 Å². The van der Waals surface area contributed by atoms with E-state index in [1.165, 1.54) is 0 Å². The number of hydrogen-bond acceptors (Lipinski definition) is 4. The summed E-state index contributed by atoms with van der Waals surface area (Å²) in [4.78, 5) is 12.7. The minimum Gasteiger partial charge on any atom is -0.496 e. The van der Waals surface area contributed by atoms with Crippen molar-refractivity contribution in [3.8, 4) is 5.75 Å². The largest absolute Gasteiger partial charge is 0.496 e. The third kappa shape index (κ3) is 4.61. The Labute approximate surface area is 170 Å². The lowest BCUT2D eigenvalue weighted by Crippen LogP contribution is -2.40. The molecule has 0 aliphatic heterocycles. The normalized spacial score (nSPS) is 13.1. The van der Waals surface area contributed by atoms with Crippen molar-refractivity contribution in [2.75, 3.05) is 7.11 Å². The van der Waals surface area contributed by atoms with Gasteiger partial charge in [0.25, 0.3) is 0 Å². The van der Waals surface area contributed by atoms with Crippen LogP contribution in [0.3, 0.4) is 0 Å². The summed E-state index contributed by atoms with van der Waals surface area (Å²) in [5.41, 5.74) is 2.21. The van der Waals surface area contributed by atoms with Crippen molar-refractivity contribution < 1.29 is 18.7 Å². The first-order valence-corrected chi connectivity index (χ1v) is 12.6. The fourth-order valence-corrected chi connectivity index (χ4v) is 3.76. The van der Waals surface area contributed by atoms with Crippen LogP contribution in [0.2, 0.25) is 18.1 Å². The van der Waals surface area contributed by atoms with Gasteiger partial charge < -0.3 is 13.9 Å². The maximum Gasteiger partial charge on any atom is 0.419 e. The first-order chi connectivity index (χ1) is 12.7. The number of nitrogens with zero attached hydrogens (tertiary/aromatic N) is 1. The molecule has 0 amide bonds. The number of aromatic nitrogens is 1. The summed E-state index contributed by atoms with van der Waals surface area (Å²) in [6.07, 6.45) is 1.38. The van der Waals surface area contributed by atoms with Crippen molar-refractivity contribution in [1.82, 2.24) is 4.57 Å². The third-order valence-electron chi connectivity index (χ3n) is 5.42.